The van der Waals surface area contributed by atoms with Crippen molar-refractivity contribution in [1.82, 2.24) is 10.2 Å². The van der Waals surface area contributed by atoms with Crippen LogP contribution in [0.25, 0.3) is 0 Å². The summed E-state index contributed by atoms with van der Waals surface area (Å²) in [4.78, 5) is 25.8. The molecule has 1 fully saturated rings. The number of fused-ring (bicyclic) bond motifs is 1. The summed E-state index contributed by atoms with van der Waals surface area (Å²) in [6, 6.07) is 6.39. The second-order valence-electron chi connectivity index (χ2n) is 6.58. The monoisotopic (exact) mass is 346 g/mol. The van der Waals surface area contributed by atoms with Gasteiger partial charge in [0.25, 0.3) is 0 Å². The number of benzene rings is 1. The van der Waals surface area contributed by atoms with Crippen molar-refractivity contribution in [3.63, 3.8) is 0 Å². The Labute approximate surface area is 148 Å². The fourth-order valence-electron chi connectivity index (χ4n) is 2.88. The average Bonchev–Trinajstić information content (AvgIpc) is 3.43. The number of hydrogen-bond acceptors (Lipinski definition) is 4. The van der Waals surface area contributed by atoms with E-state index in [4.69, 9.17) is 9.47 Å². The molecule has 0 bridgehead atoms. The van der Waals surface area contributed by atoms with E-state index >= 15 is 0 Å². The molecule has 2 amide bonds. The maximum Gasteiger partial charge on any atom is 0.248 e. The Bertz CT molecular complexity index is 628. The smallest absolute Gasteiger partial charge is 0.248 e. The van der Waals surface area contributed by atoms with Gasteiger partial charge in [-0.3, -0.25) is 9.59 Å². The van der Waals surface area contributed by atoms with Crippen LogP contribution in [0, 0.1) is 0 Å². The van der Waals surface area contributed by atoms with E-state index in [0.29, 0.717) is 45.2 Å². The lowest BCUT2D eigenvalue weighted by molar-refractivity contribution is -0.136. The number of amides is 2. The zero-order valence-corrected chi connectivity index (χ0v) is 14.8. The summed E-state index contributed by atoms with van der Waals surface area (Å²) in [6.07, 6.45) is 3.39. The van der Waals surface area contributed by atoms with E-state index in [0.717, 1.165) is 29.7 Å². The molecule has 1 heterocycles. The van der Waals surface area contributed by atoms with Crippen molar-refractivity contribution in [3.05, 3.63) is 29.3 Å². The molecular formula is C19H26N2O4. The Morgan fingerprint density at radius 1 is 1.36 bits per heavy atom. The SMILES string of the molecule is CCOCC(=O)N1CCOc2ccc(CCC(=O)NC3CC3)cc2C1. The molecule has 1 aliphatic heterocycles. The van der Waals surface area contributed by atoms with Gasteiger partial charge in [0.05, 0.1) is 6.54 Å². The van der Waals surface area contributed by atoms with Gasteiger partial charge in [0.1, 0.15) is 19.0 Å². The minimum Gasteiger partial charge on any atom is -0.491 e. The van der Waals surface area contributed by atoms with Crippen molar-refractivity contribution in [2.45, 2.75) is 45.2 Å². The lowest BCUT2D eigenvalue weighted by Gasteiger charge is -2.19. The highest BCUT2D eigenvalue weighted by Gasteiger charge is 2.23. The first-order valence-corrected chi connectivity index (χ1v) is 9.05. The predicted molar refractivity (Wildman–Crippen MR) is 93.3 cm³/mol. The van der Waals surface area contributed by atoms with Gasteiger partial charge >= 0.3 is 0 Å². The maximum atomic E-state index is 12.2. The molecule has 1 saturated carbocycles. The minimum atomic E-state index is -0.0208. The van der Waals surface area contributed by atoms with Gasteiger partial charge in [-0.15, -0.1) is 0 Å². The number of carbonyl (C=O) groups excluding carboxylic acids is 2. The second kappa shape index (κ2) is 8.34. The van der Waals surface area contributed by atoms with Crippen LogP contribution in [0.3, 0.4) is 0 Å². The summed E-state index contributed by atoms with van der Waals surface area (Å²) >= 11 is 0. The third kappa shape index (κ3) is 5.19. The number of hydrogen-bond donors (Lipinski definition) is 1. The Balaban J connectivity index is 1.60. The highest BCUT2D eigenvalue weighted by molar-refractivity contribution is 5.78. The summed E-state index contributed by atoms with van der Waals surface area (Å²) in [5.74, 6) is 0.910. The second-order valence-corrected chi connectivity index (χ2v) is 6.58. The number of nitrogens with one attached hydrogen (secondary N) is 1. The van der Waals surface area contributed by atoms with Crippen LogP contribution >= 0.6 is 0 Å². The van der Waals surface area contributed by atoms with Crippen LogP contribution in [0.4, 0.5) is 0 Å². The molecule has 0 unspecified atom stereocenters. The normalized spacial score (nSPS) is 16.6. The lowest BCUT2D eigenvalue weighted by atomic mass is 10.0. The van der Waals surface area contributed by atoms with E-state index in [2.05, 4.69) is 5.32 Å². The third-order valence-corrected chi connectivity index (χ3v) is 4.47. The van der Waals surface area contributed by atoms with Crippen LogP contribution in [0.15, 0.2) is 18.2 Å². The topological polar surface area (TPSA) is 67.9 Å². The maximum absolute atomic E-state index is 12.2. The summed E-state index contributed by atoms with van der Waals surface area (Å²) in [5.41, 5.74) is 2.08. The van der Waals surface area contributed by atoms with Gasteiger partial charge in [-0.25, -0.2) is 0 Å². The average molecular weight is 346 g/mol. The third-order valence-electron chi connectivity index (χ3n) is 4.47. The van der Waals surface area contributed by atoms with Crippen LogP contribution in [0.5, 0.6) is 5.75 Å². The fraction of sp³-hybridized carbons (Fsp3) is 0.579. The molecule has 1 N–H and O–H groups in total. The number of aryl methyl sites for hydroxylation is 1. The quantitative estimate of drug-likeness (QED) is 0.815. The van der Waals surface area contributed by atoms with Crippen LogP contribution in [-0.4, -0.2) is 49.1 Å². The molecule has 3 rings (SSSR count). The first kappa shape index (κ1) is 17.7. The molecule has 136 valence electrons. The Kier molecular flexibility index (Phi) is 5.91. The summed E-state index contributed by atoms with van der Waals surface area (Å²) in [7, 11) is 0. The zero-order valence-electron chi connectivity index (χ0n) is 14.8. The first-order chi connectivity index (χ1) is 12.2. The zero-order chi connectivity index (χ0) is 17.6. The fourth-order valence-corrected chi connectivity index (χ4v) is 2.88. The van der Waals surface area contributed by atoms with Crippen molar-refractivity contribution in [2.75, 3.05) is 26.4 Å². The lowest BCUT2D eigenvalue weighted by Crippen LogP contribution is -2.35. The van der Waals surface area contributed by atoms with E-state index in [1.165, 1.54) is 0 Å². The number of carbonyl (C=O) groups is 2. The van der Waals surface area contributed by atoms with Crippen LogP contribution in [0.2, 0.25) is 0 Å². The molecular weight excluding hydrogens is 320 g/mol. The Hall–Kier alpha value is -2.08. The standard InChI is InChI=1S/C19H26N2O4/c1-2-24-13-19(23)21-9-10-25-17-7-3-14(11-15(17)12-21)4-8-18(22)20-16-5-6-16/h3,7,11,16H,2,4-6,8-10,12-13H2,1H3,(H,20,22). The van der Waals surface area contributed by atoms with Crippen LogP contribution in [-0.2, 0) is 27.3 Å². The molecule has 0 radical (unpaired) electrons. The van der Waals surface area contributed by atoms with Crippen molar-refractivity contribution in [1.29, 1.82) is 0 Å². The van der Waals surface area contributed by atoms with E-state index in [1.807, 2.05) is 25.1 Å². The van der Waals surface area contributed by atoms with E-state index < -0.39 is 0 Å². The van der Waals surface area contributed by atoms with Crippen molar-refractivity contribution < 1.29 is 19.1 Å². The van der Waals surface area contributed by atoms with Gasteiger partial charge in [0.2, 0.25) is 11.8 Å². The van der Waals surface area contributed by atoms with Crippen molar-refractivity contribution in [2.24, 2.45) is 0 Å². The molecule has 6 nitrogen and oxygen atoms in total. The molecule has 0 atom stereocenters. The molecule has 1 aromatic carbocycles. The van der Waals surface area contributed by atoms with Gasteiger partial charge in [-0.2, -0.15) is 0 Å². The first-order valence-electron chi connectivity index (χ1n) is 9.05. The molecule has 0 aromatic heterocycles. The minimum absolute atomic E-state index is 0.0208. The van der Waals surface area contributed by atoms with E-state index in [9.17, 15) is 9.59 Å². The summed E-state index contributed by atoms with van der Waals surface area (Å²) in [5, 5.41) is 3.01. The predicted octanol–water partition coefficient (Wildman–Crippen LogP) is 1.66. The van der Waals surface area contributed by atoms with Gasteiger partial charge in [-0.05, 0) is 37.8 Å². The largest absolute Gasteiger partial charge is 0.491 e. The van der Waals surface area contributed by atoms with Gasteiger partial charge in [-0.1, -0.05) is 12.1 Å². The summed E-state index contributed by atoms with van der Waals surface area (Å²) in [6.45, 7) is 4.06. The number of rotatable bonds is 7. The van der Waals surface area contributed by atoms with Gasteiger partial charge in [0, 0.05) is 31.2 Å². The molecule has 1 aliphatic carbocycles. The molecule has 0 saturated heterocycles. The molecule has 6 heteroatoms. The molecule has 25 heavy (non-hydrogen) atoms. The molecule has 1 aromatic rings. The summed E-state index contributed by atoms with van der Waals surface area (Å²) < 4.78 is 11.0. The number of ether oxygens (including phenoxy) is 2. The highest BCUT2D eigenvalue weighted by Crippen LogP contribution is 2.25. The van der Waals surface area contributed by atoms with Crippen LogP contribution in [0.1, 0.15) is 37.3 Å². The van der Waals surface area contributed by atoms with E-state index in [-0.39, 0.29) is 18.4 Å². The molecule has 2 aliphatic rings. The van der Waals surface area contributed by atoms with Gasteiger partial charge < -0.3 is 19.7 Å². The Morgan fingerprint density at radius 2 is 2.20 bits per heavy atom. The Morgan fingerprint density at radius 3 is 2.96 bits per heavy atom. The van der Waals surface area contributed by atoms with Crippen LogP contribution < -0.4 is 10.1 Å². The van der Waals surface area contributed by atoms with Crippen molar-refractivity contribution >= 4 is 11.8 Å². The molecule has 0 spiro atoms. The number of nitrogens with zero attached hydrogens (tertiary/aromatic N) is 1. The van der Waals surface area contributed by atoms with Crippen molar-refractivity contribution in [3.8, 4) is 5.75 Å². The van der Waals surface area contributed by atoms with Gasteiger partial charge in [0.15, 0.2) is 0 Å². The highest BCUT2D eigenvalue weighted by atomic mass is 16.5. The van der Waals surface area contributed by atoms with E-state index in [1.54, 1.807) is 4.90 Å².